The van der Waals surface area contributed by atoms with E-state index in [9.17, 15) is 14.4 Å². The predicted molar refractivity (Wildman–Crippen MR) is 108 cm³/mol. The highest BCUT2D eigenvalue weighted by Gasteiger charge is 2.43. The molecule has 6 nitrogen and oxygen atoms in total. The molecule has 0 saturated carbocycles. The molecule has 28 heavy (non-hydrogen) atoms. The Labute approximate surface area is 168 Å². The minimum Gasteiger partial charge on any atom is -0.460 e. The number of hydrogen-bond acceptors (Lipinski definition) is 5. The van der Waals surface area contributed by atoms with Crippen molar-refractivity contribution in [1.82, 2.24) is 5.32 Å². The van der Waals surface area contributed by atoms with Crippen molar-refractivity contribution in [2.24, 2.45) is 11.3 Å². The smallest absolute Gasteiger partial charge is 0.408 e. The van der Waals surface area contributed by atoms with E-state index < -0.39 is 34.9 Å². The quantitative estimate of drug-likeness (QED) is 0.529. The van der Waals surface area contributed by atoms with Crippen molar-refractivity contribution >= 4 is 17.8 Å². The summed E-state index contributed by atoms with van der Waals surface area (Å²) in [5.74, 6) is -1.19. The number of benzene rings is 1. The second-order valence-electron chi connectivity index (χ2n) is 8.56. The third kappa shape index (κ3) is 6.98. The molecule has 0 spiro atoms. The summed E-state index contributed by atoms with van der Waals surface area (Å²) in [6, 6.07) is 8.41. The average molecular weight is 392 g/mol. The molecule has 0 heterocycles. The molecule has 0 aromatic heterocycles. The van der Waals surface area contributed by atoms with E-state index in [4.69, 9.17) is 9.47 Å². The number of rotatable bonds is 8. The Morgan fingerprint density at radius 3 is 2.11 bits per heavy atom. The predicted octanol–water partition coefficient (Wildman–Crippen LogP) is 4.26. The van der Waals surface area contributed by atoms with Crippen molar-refractivity contribution in [3.8, 4) is 0 Å². The first kappa shape index (κ1) is 23.7. The number of amides is 1. The van der Waals surface area contributed by atoms with E-state index in [0.29, 0.717) is 6.42 Å². The molecular weight excluding hydrogens is 358 g/mol. The number of Topliss-reactive ketones (excluding diaryl/α,β-unsaturated/α-hetero) is 1. The molecule has 0 bridgehead atoms. The number of esters is 1. The Morgan fingerprint density at radius 2 is 1.61 bits per heavy atom. The van der Waals surface area contributed by atoms with Gasteiger partial charge in [-0.3, -0.25) is 9.59 Å². The number of ether oxygens (including phenoxy) is 2. The maximum absolute atomic E-state index is 13.1. The molecule has 1 aromatic carbocycles. The number of nitrogens with one attached hydrogen (secondary N) is 1. The molecule has 156 valence electrons. The van der Waals surface area contributed by atoms with Crippen LogP contribution in [0.2, 0.25) is 0 Å². The van der Waals surface area contributed by atoms with Crippen LogP contribution in [0, 0.1) is 11.3 Å². The van der Waals surface area contributed by atoms with E-state index in [0.717, 1.165) is 5.56 Å². The molecule has 1 rings (SSSR count). The lowest BCUT2D eigenvalue weighted by atomic mass is 9.79. The number of carbonyl (C=O) groups is 3. The second kappa shape index (κ2) is 9.71. The van der Waals surface area contributed by atoms with Gasteiger partial charge in [0, 0.05) is 0 Å². The highest BCUT2D eigenvalue weighted by Crippen LogP contribution is 2.25. The van der Waals surface area contributed by atoms with Crippen LogP contribution in [0.5, 0.6) is 0 Å². The van der Waals surface area contributed by atoms with Crippen LogP contribution in [0.25, 0.3) is 0 Å². The Balaban J connectivity index is 2.89. The van der Waals surface area contributed by atoms with E-state index in [2.05, 4.69) is 5.32 Å². The lowest BCUT2D eigenvalue weighted by Crippen LogP contribution is -2.53. The first-order valence-corrected chi connectivity index (χ1v) is 9.63. The highest BCUT2D eigenvalue weighted by molar-refractivity contribution is 6.06. The van der Waals surface area contributed by atoms with Gasteiger partial charge < -0.3 is 14.8 Å². The van der Waals surface area contributed by atoms with Crippen LogP contribution in [-0.2, 0) is 25.7 Å². The number of hydrogen-bond donors (Lipinski definition) is 1. The molecule has 0 fully saturated rings. The van der Waals surface area contributed by atoms with Crippen molar-refractivity contribution in [2.75, 3.05) is 0 Å². The molecule has 1 aromatic rings. The van der Waals surface area contributed by atoms with Crippen molar-refractivity contribution in [3.63, 3.8) is 0 Å². The van der Waals surface area contributed by atoms with Crippen molar-refractivity contribution in [3.05, 3.63) is 35.9 Å². The summed E-state index contributed by atoms with van der Waals surface area (Å²) < 4.78 is 10.6. The summed E-state index contributed by atoms with van der Waals surface area (Å²) >= 11 is 0. The summed E-state index contributed by atoms with van der Waals surface area (Å²) in [6.45, 7) is 12.1. The van der Waals surface area contributed by atoms with Gasteiger partial charge in [0.15, 0.2) is 5.78 Å². The lowest BCUT2D eigenvalue weighted by Gasteiger charge is -2.31. The summed E-state index contributed by atoms with van der Waals surface area (Å²) in [4.78, 5) is 38.0. The van der Waals surface area contributed by atoms with Crippen LogP contribution in [0.4, 0.5) is 4.79 Å². The van der Waals surface area contributed by atoms with Gasteiger partial charge in [0.2, 0.25) is 0 Å². The maximum Gasteiger partial charge on any atom is 0.408 e. The van der Waals surface area contributed by atoms with Crippen LogP contribution in [0.1, 0.15) is 60.5 Å². The van der Waals surface area contributed by atoms with Crippen LogP contribution < -0.4 is 5.32 Å². The van der Waals surface area contributed by atoms with Gasteiger partial charge in [-0.1, -0.05) is 50.6 Å². The first-order valence-electron chi connectivity index (χ1n) is 9.63. The molecule has 1 amide bonds. The van der Waals surface area contributed by atoms with Crippen LogP contribution in [0.3, 0.4) is 0 Å². The number of carbonyl (C=O) groups excluding carboxylic acids is 3. The molecule has 2 atom stereocenters. The van der Waals surface area contributed by atoms with E-state index in [1.807, 2.05) is 44.2 Å². The fourth-order valence-electron chi connectivity index (χ4n) is 2.53. The Hall–Kier alpha value is -2.37. The third-order valence-electron chi connectivity index (χ3n) is 4.51. The van der Waals surface area contributed by atoms with E-state index in [1.54, 1.807) is 20.8 Å². The normalized spacial score (nSPS) is 14.0. The standard InChI is InChI=1S/C22H33NO5/c1-8-15(2)17(23-20(26)28-21(3,4)5)18(24)22(6,7)19(25)27-14-16-12-10-9-11-13-16/h9-13,15,17H,8,14H2,1-7H3,(H,23,26)/t15?,17-/m0/s1. The first-order chi connectivity index (χ1) is 12.9. The molecule has 0 radical (unpaired) electrons. The molecule has 6 heteroatoms. The topological polar surface area (TPSA) is 81.7 Å². The SMILES string of the molecule is CCC(C)[C@H](NC(=O)OC(C)(C)C)C(=O)C(C)(C)C(=O)OCc1ccccc1. The fraction of sp³-hybridized carbons (Fsp3) is 0.591. The minimum atomic E-state index is -1.40. The fourth-order valence-corrected chi connectivity index (χ4v) is 2.53. The van der Waals surface area contributed by atoms with Gasteiger partial charge in [-0.15, -0.1) is 0 Å². The van der Waals surface area contributed by atoms with Crippen molar-refractivity contribution in [1.29, 1.82) is 0 Å². The molecule has 0 saturated heterocycles. The van der Waals surface area contributed by atoms with Gasteiger partial charge in [-0.05, 0) is 46.1 Å². The molecule has 0 aliphatic rings. The van der Waals surface area contributed by atoms with Gasteiger partial charge in [0.25, 0.3) is 0 Å². The zero-order valence-electron chi connectivity index (χ0n) is 18.0. The van der Waals surface area contributed by atoms with Gasteiger partial charge in [-0.25, -0.2) is 4.79 Å². The minimum absolute atomic E-state index is 0.0872. The lowest BCUT2D eigenvalue weighted by molar-refractivity contribution is -0.160. The number of ketones is 1. The van der Waals surface area contributed by atoms with Crippen LogP contribution in [0.15, 0.2) is 30.3 Å². The second-order valence-corrected chi connectivity index (χ2v) is 8.56. The zero-order valence-corrected chi connectivity index (χ0v) is 18.0. The highest BCUT2D eigenvalue weighted by atomic mass is 16.6. The summed E-state index contributed by atoms with van der Waals surface area (Å²) in [5.41, 5.74) is -1.25. The summed E-state index contributed by atoms with van der Waals surface area (Å²) in [5, 5.41) is 2.64. The Morgan fingerprint density at radius 1 is 1.04 bits per heavy atom. The van der Waals surface area contributed by atoms with Gasteiger partial charge in [-0.2, -0.15) is 0 Å². The van der Waals surface area contributed by atoms with Gasteiger partial charge in [0.1, 0.15) is 17.6 Å². The molecule has 0 aliphatic heterocycles. The Kier molecular flexibility index (Phi) is 8.21. The average Bonchev–Trinajstić information content (AvgIpc) is 2.62. The van der Waals surface area contributed by atoms with E-state index >= 15 is 0 Å². The molecule has 1 unspecified atom stereocenters. The van der Waals surface area contributed by atoms with Crippen molar-refractivity contribution < 1.29 is 23.9 Å². The monoisotopic (exact) mass is 391 g/mol. The zero-order chi connectivity index (χ0) is 21.5. The maximum atomic E-state index is 13.1. The van der Waals surface area contributed by atoms with Crippen LogP contribution in [-0.4, -0.2) is 29.5 Å². The molecule has 1 N–H and O–H groups in total. The van der Waals surface area contributed by atoms with Gasteiger partial charge in [0.05, 0.1) is 6.04 Å². The van der Waals surface area contributed by atoms with E-state index in [1.165, 1.54) is 13.8 Å². The third-order valence-corrected chi connectivity index (χ3v) is 4.51. The van der Waals surface area contributed by atoms with Crippen molar-refractivity contribution in [2.45, 2.75) is 73.1 Å². The summed E-state index contributed by atoms with van der Waals surface area (Å²) in [6.07, 6.45) is -0.0268. The van der Waals surface area contributed by atoms with Gasteiger partial charge >= 0.3 is 12.1 Å². The summed E-state index contributed by atoms with van der Waals surface area (Å²) in [7, 11) is 0. The number of alkyl carbamates (subject to hydrolysis) is 1. The molecule has 0 aliphatic carbocycles. The van der Waals surface area contributed by atoms with E-state index in [-0.39, 0.29) is 12.5 Å². The largest absolute Gasteiger partial charge is 0.460 e. The van der Waals surface area contributed by atoms with Crippen LogP contribution >= 0.6 is 0 Å². The Bertz CT molecular complexity index is 676. The molecular formula is C22H33NO5.